The van der Waals surface area contributed by atoms with Crippen LogP contribution in [0.2, 0.25) is 0 Å². The van der Waals surface area contributed by atoms with Gasteiger partial charge in [-0.3, -0.25) is 4.79 Å². The molecule has 25 heavy (non-hydrogen) atoms. The molecule has 2 aromatic heterocycles. The van der Waals surface area contributed by atoms with Crippen molar-refractivity contribution in [1.29, 1.82) is 0 Å². The molecule has 0 fully saturated rings. The van der Waals surface area contributed by atoms with Crippen LogP contribution in [-0.2, 0) is 4.79 Å². The summed E-state index contributed by atoms with van der Waals surface area (Å²) in [6.45, 7) is 0. The Bertz CT molecular complexity index is 975. The molecule has 0 aliphatic rings. The molecule has 0 aliphatic carbocycles. The molecule has 4 rings (SSSR count). The number of aromatic nitrogens is 3. The molecular weight excluding hydrogens is 332 g/mol. The third-order valence-electron chi connectivity index (χ3n) is 4.15. The molecule has 1 atom stereocenters. The number of nitrogens with one attached hydrogen (secondary N) is 1. The molecule has 2 heterocycles. The molecule has 0 saturated heterocycles. The fourth-order valence-electron chi connectivity index (χ4n) is 3.05. The van der Waals surface area contributed by atoms with Crippen molar-refractivity contribution in [2.75, 3.05) is 5.32 Å². The second-order valence-corrected chi connectivity index (χ2v) is 6.54. The van der Waals surface area contributed by atoms with E-state index in [1.54, 1.807) is 5.51 Å². The van der Waals surface area contributed by atoms with Gasteiger partial charge < -0.3 is 9.88 Å². The zero-order valence-corrected chi connectivity index (χ0v) is 14.2. The lowest BCUT2D eigenvalue weighted by molar-refractivity contribution is -0.116. The highest BCUT2D eigenvalue weighted by Gasteiger charge is 2.20. The number of fused-ring (bicyclic) bond motifs is 1. The Hall–Kier alpha value is -2.99. The van der Waals surface area contributed by atoms with Gasteiger partial charge in [0, 0.05) is 12.4 Å². The first-order valence-corrected chi connectivity index (χ1v) is 8.85. The second-order valence-electron chi connectivity index (χ2n) is 5.71. The average Bonchev–Trinajstić information content (AvgIpc) is 3.33. The molecule has 5 nitrogen and oxygen atoms in total. The van der Waals surface area contributed by atoms with Crippen molar-refractivity contribution in [1.82, 2.24) is 14.8 Å². The number of benzene rings is 2. The van der Waals surface area contributed by atoms with Crippen molar-refractivity contribution < 1.29 is 4.79 Å². The highest BCUT2D eigenvalue weighted by atomic mass is 32.1. The fraction of sp³-hybridized carbons (Fsp3) is 0.105. The van der Waals surface area contributed by atoms with Crippen LogP contribution in [0.15, 0.2) is 72.5 Å². The second kappa shape index (κ2) is 6.86. The smallest absolute Gasteiger partial charge is 0.228 e. The molecule has 0 saturated carbocycles. The van der Waals surface area contributed by atoms with E-state index in [9.17, 15) is 4.79 Å². The first-order chi connectivity index (χ1) is 12.3. The minimum Gasteiger partial charge on any atom is -0.346 e. The van der Waals surface area contributed by atoms with E-state index in [0.29, 0.717) is 11.6 Å². The molecular formula is C19H16N4OS. The molecule has 1 amide bonds. The minimum absolute atomic E-state index is 0.0802. The van der Waals surface area contributed by atoms with Crippen LogP contribution in [0.25, 0.3) is 10.8 Å². The van der Waals surface area contributed by atoms with Gasteiger partial charge >= 0.3 is 0 Å². The minimum atomic E-state index is -0.0889. The van der Waals surface area contributed by atoms with Crippen molar-refractivity contribution in [2.45, 2.75) is 12.5 Å². The number of anilines is 1. The number of amides is 1. The van der Waals surface area contributed by atoms with E-state index in [1.165, 1.54) is 16.7 Å². The number of hydrogen-bond acceptors (Lipinski definition) is 4. The quantitative estimate of drug-likeness (QED) is 0.590. The number of hydrogen-bond donors (Lipinski definition) is 1. The Labute approximate surface area is 149 Å². The Morgan fingerprint density at radius 3 is 2.68 bits per heavy atom. The van der Waals surface area contributed by atoms with Gasteiger partial charge in [-0.15, -0.1) is 10.2 Å². The summed E-state index contributed by atoms with van der Waals surface area (Å²) in [7, 11) is 0. The number of rotatable bonds is 5. The van der Waals surface area contributed by atoms with E-state index < -0.39 is 0 Å². The third kappa shape index (κ3) is 3.29. The molecule has 0 unspecified atom stereocenters. The van der Waals surface area contributed by atoms with Gasteiger partial charge in [0.05, 0.1) is 12.5 Å². The summed E-state index contributed by atoms with van der Waals surface area (Å²) in [6, 6.07) is 18.3. The average molecular weight is 348 g/mol. The molecule has 1 N–H and O–H groups in total. The van der Waals surface area contributed by atoms with Crippen LogP contribution in [0.4, 0.5) is 5.13 Å². The van der Waals surface area contributed by atoms with Gasteiger partial charge in [-0.2, -0.15) is 0 Å². The maximum Gasteiger partial charge on any atom is 0.228 e. The topological polar surface area (TPSA) is 59.8 Å². The van der Waals surface area contributed by atoms with E-state index in [2.05, 4.69) is 44.3 Å². The third-order valence-corrected chi connectivity index (χ3v) is 4.76. The van der Waals surface area contributed by atoms with Gasteiger partial charge in [0.25, 0.3) is 0 Å². The largest absolute Gasteiger partial charge is 0.346 e. The van der Waals surface area contributed by atoms with E-state index in [-0.39, 0.29) is 11.9 Å². The van der Waals surface area contributed by atoms with Crippen LogP contribution in [-0.4, -0.2) is 20.7 Å². The first kappa shape index (κ1) is 15.5. The summed E-state index contributed by atoms with van der Waals surface area (Å²) in [4.78, 5) is 12.5. The maximum atomic E-state index is 12.5. The lowest BCUT2D eigenvalue weighted by Crippen LogP contribution is -2.19. The number of carbonyl (C=O) groups excluding carboxylic acids is 1. The molecule has 0 aliphatic heterocycles. The van der Waals surface area contributed by atoms with E-state index in [4.69, 9.17) is 0 Å². The summed E-state index contributed by atoms with van der Waals surface area (Å²) in [5.41, 5.74) is 2.73. The number of nitrogens with zero attached hydrogens (tertiary/aromatic N) is 3. The maximum absolute atomic E-state index is 12.5. The van der Waals surface area contributed by atoms with Crippen molar-refractivity contribution in [2.24, 2.45) is 0 Å². The van der Waals surface area contributed by atoms with Crippen LogP contribution in [0, 0.1) is 0 Å². The summed E-state index contributed by atoms with van der Waals surface area (Å²) in [5, 5.41) is 13.3. The monoisotopic (exact) mass is 348 g/mol. The molecule has 6 heteroatoms. The highest BCUT2D eigenvalue weighted by Crippen LogP contribution is 2.30. The summed E-state index contributed by atoms with van der Waals surface area (Å²) >= 11 is 1.31. The summed E-state index contributed by atoms with van der Waals surface area (Å²) < 4.78 is 2.07. The van der Waals surface area contributed by atoms with Crippen molar-refractivity contribution in [3.05, 3.63) is 78.1 Å². The van der Waals surface area contributed by atoms with Crippen LogP contribution in [0.5, 0.6) is 0 Å². The Balaban J connectivity index is 1.70. The van der Waals surface area contributed by atoms with Gasteiger partial charge in [0.1, 0.15) is 5.51 Å². The van der Waals surface area contributed by atoms with Crippen LogP contribution >= 0.6 is 11.3 Å². The van der Waals surface area contributed by atoms with Gasteiger partial charge in [0.2, 0.25) is 11.0 Å². The zero-order valence-electron chi connectivity index (χ0n) is 13.4. The predicted molar refractivity (Wildman–Crippen MR) is 99.7 cm³/mol. The fourth-order valence-corrected chi connectivity index (χ4v) is 3.51. The normalized spacial score (nSPS) is 12.2. The zero-order chi connectivity index (χ0) is 17.1. The first-order valence-electron chi connectivity index (χ1n) is 7.97. The van der Waals surface area contributed by atoms with E-state index >= 15 is 0 Å². The molecule has 0 spiro atoms. The van der Waals surface area contributed by atoms with Gasteiger partial charge in [-0.25, -0.2) is 0 Å². The predicted octanol–water partition coefficient (Wildman–Crippen LogP) is 4.11. The summed E-state index contributed by atoms with van der Waals surface area (Å²) in [5.74, 6) is -0.0802. The summed E-state index contributed by atoms with van der Waals surface area (Å²) in [6.07, 6.45) is 4.30. The molecule has 2 aromatic carbocycles. The van der Waals surface area contributed by atoms with Gasteiger partial charge in [0.15, 0.2) is 0 Å². The molecule has 0 bridgehead atoms. The Kier molecular flexibility index (Phi) is 4.26. The molecule has 124 valence electrons. The number of carbonyl (C=O) groups is 1. The standard InChI is InChI=1S/C19H16N4OS/c24-18(21-19-22-20-13-25-19)12-17(23-10-3-4-11-23)16-9-5-7-14-6-1-2-8-15(14)16/h1-11,13,17H,12H2,(H,21,22,24)/t17-/m1/s1. The van der Waals surface area contributed by atoms with Crippen molar-refractivity contribution in [3.8, 4) is 0 Å². The van der Waals surface area contributed by atoms with E-state index in [0.717, 1.165) is 10.9 Å². The van der Waals surface area contributed by atoms with E-state index in [1.807, 2.05) is 42.7 Å². The SMILES string of the molecule is O=C(C[C@H](c1cccc2ccccc12)n1cccc1)Nc1nncs1. The van der Waals surface area contributed by atoms with Crippen LogP contribution in [0.3, 0.4) is 0 Å². The molecule has 0 radical (unpaired) electrons. The molecule has 4 aromatic rings. The van der Waals surface area contributed by atoms with Crippen molar-refractivity contribution in [3.63, 3.8) is 0 Å². The van der Waals surface area contributed by atoms with Crippen molar-refractivity contribution >= 4 is 33.1 Å². The Morgan fingerprint density at radius 1 is 1.08 bits per heavy atom. The van der Waals surface area contributed by atoms with Gasteiger partial charge in [-0.05, 0) is 28.5 Å². The van der Waals surface area contributed by atoms with Crippen LogP contribution < -0.4 is 5.32 Å². The highest BCUT2D eigenvalue weighted by molar-refractivity contribution is 7.13. The lowest BCUT2D eigenvalue weighted by Gasteiger charge is -2.21. The lowest BCUT2D eigenvalue weighted by atomic mass is 9.96. The Morgan fingerprint density at radius 2 is 1.88 bits per heavy atom. The van der Waals surface area contributed by atoms with Crippen LogP contribution in [0.1, 0.15) is 18.0 Å². The van der Waals surface area contributed by atoms with Gasteiger partial charge in [-0.1, -0.05) is 53.8 Å².